The first-order valence-electron chi connectivity index (χ1n) is 8.24. The van der Waals surface area contributed by atoms with Gasteiger partial charge in [0, 0.05) is 32.7 Å². The average Bonchev–Trinajstić information content (AvgIpc) is 2.98. The van der Waals surface area contributed by atoms with Gasteiger partial charge in [0.1, 0.15) is 5.82 Å². The van der Waals surface area contributed by atoms with Gasteiger partial charge in [0.05, 0.1) is 10.8 Å². The number of rotatable bonds is 3. The van der Waals surface area contributed by atoms with Crippen molar-refractivity contribution < 1.29 is 17.6 Å². The third-order valence-corrected chi connectivity index (χ3v) is 6.54. The molecule has 1 amide bonds. The van der Waals surface area contributed by atoms with E-state index in [1.807, 2.05) is 0 Å². The van der Waals surface area contributed by atoms with Crippen LogP contribution >= 0.6 is 0 Å². The number of benzene rings is 1. The van der Waals surface area contributed by atoms with E-state index in [0.29, 0.717) is 32.6 Å². The summed E-state index contributed by atoms with van der Waals surface area (Å²) < 4.78 is 39.7. The second-order valence-corrected chi connectivity index (χ2v) is 8.16. The standard InChI is InChI=1S/C16H22FN3O3S/c17-14-2-4-15(5-3-14)24(22,23)20-9-1-8-19(10-11-20)16(21)13-6-7-18-12-13/h2-5,13,18H,1,6-12H2. The minimum absolute atomic E-state index is 0.00487. The van der Waals surface area contributed by atoms with Gasteiger partial charge in [-0.25, -0.2) is 12.8 Å². The van der Waals surface area contributed by atoms with Gasteiger partial charge in [0.25, 0.3) is 0 Å². The largest absolute Gasteiger partial charge is 0.341 e. The van der Waals surface area contributed by atoms with Crippen molar-refractivity contribution in [1.82, 2.24) is 14.5 Å². The van der Waals surface area contributed by atoms with Crippen molar-refractivity contribution in [3.8, 4) is 0 Å². The fraction of sp³-hybridized carbons (Fsp3) is 0.562. The molecule has 0 bridgehead atoms. The van der Waals surface area contributed by atoms with E-state index >= 15 is 0 Å². The van der Waals surface area contributed by atoms with Gasteiger partial charge in [-0.1, -0.05) is 0 Å². The van der Waals surface area contributed by atoms with Crippen LogP contribution in [-0.2, 0) is 14.8 Å². The van der Waals surface area contributed by atoms with Gasteiger partial charge in [-0.2, -0.15) is 4.31 Å². The van der Waals surface area contributed by atoms with Gasteiger partial charge >= 0.3 is 0 Å². The van der Waals surface area contributed by atoms with Crippen LogP contribution in [-0.4, -0.2) is 62.8 Å². The topological polar surface area (TPSA) is 69.7 Å². The van der Waals surface area contributed by atoms with Gasteiger partial charge in [-0.3, -0.25) is 4.79 Å². The average molecular weight is 355 g/mol. The van der Waals surface area contributed by atoms with Crippen LogP contribution in [0.5, 0.6) is 0 Å². The first-order chi connectivity index (χ1) is 11.5. The molecule has 0 spiro atoms. The van der Waals surface area contributed by atoms with Gasteiger partial charge in [0.2, 0.25) is 15.9 Å². The van der Waals surface area contributed by atoms with E-state index in [1.54, 1.807) is 4.90 Å². The highest BCUT2D eigenvalue weighted by atomic mass is 32.2. The molecule has 0 aliphatic carbocycles. The second kappa shape index (κ2) is 7.16. The fourth-order valence-corrected chi connectivity index (χ4v) is 4.70. The van der Waals surface area contributed by atoms with Crippen LogP contribution in [0, 0.1) is 11.7 Å². The van der Waals surface area contributed by atoms with Crippen LogP contribution in [0.1, 0.15) is 12.8 Å². The molecule has 2 fully saturated rings. The maximum atomic E-state index is 13.0. The molecule has 2 heterocycles. The molecule has 2 aliphatic heterocycles. The molecule has 1 aromatic rings. The summed E-state index contributed by atoms with van der Waals surface area (Å²) in [6.07, 6.45) is 1.44. The molecule has 0 radical (unpaired) electrons. The van der Waals surface area contributed by atoms with Crippen LogP contribution in [0.25, 0.3) is 0 Å². The maximum Gasteiger partial charge on any atom is 0.243 e. The monoisotopic (exact) mass is 355 g/mol. The number of carbonyl (C=O) groups is 1. The number of nitrogens with zero attached hydrogens (tertiary/aromatic N) is 2. The smallest absolute Gasteiger partial charge is 0.243 e. The van der Waals surface area contributed by atoms with Gasteiger partial charge in [-0.05, 0) is 43.7 Å². The summed E-state index contributed by atoms with van der Waals surface area (Å²) in [6, 6.07) is 4.85. The molecular formula is C16H22FN3O3S. The van der Waals surface area contributed by atoms with E-state index in [2.05, 4.69) is 5.32 Å². The van der Waals surface area contributed by atoms with Crippen LogP contribution in [0.2, 0.25) is 0 Å². The number of halogens is 1. The second-order valence-electron chi connectivity index (χ2n) is 6.23. The van der Waals surface area contributed by atoms with E-state index in [9.17, 15) is 17.6 Å². The van der Waals surface area contributed by atoms with Gasteiger partial charge in [-0.15, -0.1) is 0 Å². The van der Waals surface area contributed by atoms with Crippen LogP contribution in [0.4, 0.5) is 4.39 Å². The summed E-state index contributed by atoms with van der Waals surface area (Å²) in [4.78, 5) is 14.4. The van der Waals surface area contributed by atoms with Crippen LogP contribution in [0.15, 0.2) is 29.2 Å². The van der Waals surface area contributed by atoms with E-state index < -0.39 is 15.8 Å². The van der Waals surface area contributed by atoms with Gasteiger partial charge < -0.3 is 10.2 Å². The Balaban J connectivity index is 1.68. The first kappa shape index (κ1) is 17.3. The number of carbonyl (C=O) groups excluding carboxylic acids is 1. The molecule has 6 nitrogen and oxygen atoms in total. The Morgan fingerprint density at radius 2 is 1.88 bits per heavy atom. The lowest BCUT2D eigenvalue weighted by Gasteiger charge is -2.24. The molecule has 0 saturated carbocycles. The number of amides is 1. The minimum Gasteiger partial charge on any atom is -0.341 e. The van der Waals surface area contributed by atoms with Crippen molar-refractivity contribution in [2.75, 3.05) is 39.3 Å². The Morgan fingerprint density at radius 3 is 2.54 bits per heavy atom. The van der Waals surface area contributed by atoms with Crippen molar-refractivity contribution in [2.45, 2.75) is 17.7 Å². The van der Waals surface area contributed by atoms with E-state index in [4.69, 9.17) is 0 Å². The third kappa shape index (κ3) is 3.60. The predicted molar refractivity (Wildman–Crippen MR) is 87.3 cm³/mol. The molecule has 3 rings (SSSR count). The predicted octanol–water partition coefficient (Wildman–Crippen LogP) is 0.658. The highest BCUT2D eigenvalue weighted by molar-refractivity contribution is 7.89. The van der Waals surface area contributed by atoms with Crippen molar-refractivity contribution in [2.24, 2.45) is 5.92 Å². The Bertz CT molecular complexity index is 687. The number of nitrogens with one attached hydrogen (secondary N) is 1. The first-order valence-corrected chi connectivity index (χ1v) is 9.68. The molecule has 8 heteroatoms. The lowest BCUT2D eigenvalue weighted by atomic mass is 10.1. The summed E-state index contributed by atoms with van der Waals surface area (Å²) in [5.41, 5.74) is 0. The number of sulfonamides is 1. The molecule has 2 saturated heterocycles. The summed E-state index contributed by atoms with van der Waals surface area (Å²) in [7, 11) is -3.65. The molecule has 0 aromatic heterocycles. The number of hydrogen-bond acceptors (Lipinski definition) is 4. The molecular weight excluding hydrogens is 333 g/mol. The zero-order chi connectivity index (χ0) is 17.2. The maximum absolute atomic E-state index is 13.0. The lowest BCUT2D eigenvalue weighted by molar-refractivity contribution is -0.134. The highest BCUT2D eigenvalue weighted by Crippen LogP contribution is 2.19. The molecule has 2 aliphatic rings. The van der Waals surface area contributed by atoms with E-state index in [0.717, 1.165) is 25.1 Å². The summed E-state index contributed by atoms with van der Waals surface area (Å²) in [5, 5.41) is 3.18. The van der Waals surface area contributed by atoms with Gasteiger partial charge in [0.15, 0.2) is 0 Å². The Labute approximate surface area is 141 Å². The molecule has 1 atom stereocenters. The fourth-order valence-electron chi connectivity index (χ4n) is 3.23. The third-order valence-electron chi connectivity index (χ3n) is 4.63. The van der Waals surface area contributed by atoms with Crippen LogP contribution < -0.4 is 5.32 Å². The summed E-state index contributed by atoms with van der Waals surface area (Å²) in [5.74, 6) is -0.349. The summed E-state index contributed by atoms with van der Waals surface area (Å²) >= 11 is 0. The summed E-state index contributed by atoms with van der Waals surface area (Å²) in [6.45, 7) is 3.17. The Hall–Kier alpha value is -1.51. The molecule has 1 unspecified atom stereocenters. The molecule has 1 aromatic carbocycles. The molecule has 132 valence electrons. The highest BCUT2D eigenvalue weighted by Gasteiger charge is 2.31. The quantitative estimate of drug-likeness (QED) is 0.865. The van der Waals surface area contributed by atoms with E-state index in [-0.39, 0.29) is 23.3 Å². The molecule has 1 N–H and O–H groups in total. The lowest BCUT2D eigenvalue weighted by Crippen LogP contribution is -2.40. The van der Waals surface area contributed by atoms with Crippen molar-refractivity contribution in [3.63, 3.8) is 0 Å². The van der Waals surface area contributed by atoms with E-state index in [1.165, 1.54) is 16.4 Å². The van der Waals surface area contributed by atoms with Crippen molar-refractivity contribution in [1.29, 1.82) is 0 Å². The number of hydrogen-bond donors (Lipinski definition) is 1. The minimum atomic E-state index is -3.65. The Morgan fingerprint density at radius 1 is 1.12 bits per heavy atom. The molecule has 24 heavy (non-hydrogen) atoms. The SMILES string of the molecule is O=C(C1CCNC1)N1CCCN(S(=O)(=O)c2ccc(F)cc2)CC1. The Kier molecular flexibility index (Phi) is 5.17. The zero-order valence-corrected chi connectivity index (χ0v) is 14.3. The van der Waals surface area contributed by atoms with Crippen molar-refractivity contribution in [3.05, 3.63) is 30.1 Å². The normalized spacial score (nSPS) is 23.2. The van der Waals surface area contributed by atoms with Crippen molar-refractivity contribution >= 4 is 15.9 Å². The van der Waals surface area contributed by atoms with Crippen LogP contribution in [0.3, 0.4) is 0 Å². The zero-order valence-electron chi connectivity index (χ0n) is 13.4.